The van der Waals surface area contributed by atoms with E-state index in [0.29, 0.717) is 0 Å². The molecule has 144 valence electrons. The molecule has 0 spiro atoms. The Labute approximate surface area is 150 Å². The molecule has 0 aromatic heterocycles. The van der Waals surface area contributed by atoms with Gasteiger partial charge in [-0.3, -0.25) is 14.5 Å². The predicted molar refractivity (Wildman–Crippen MR) is 91.8 cm³/mol. The van der Waals surface area contributed by atoms with Crippen molar-refractivity contribution in [2.24, 2.45) is 11.8 Å². The molecule has 0 bridgehead atoms. The van der Waals surface area contributed by atoms with Crippen LogP contribution in [0.25, 0.3) is 0 Å². The number of carbonyl (C=O) groups excluding carboxylic acids is 2. The summed E-state index contributed by atoms with van der Waals surface area (Å²) in [7, 11) is 0. The van der Waals surface area contributed by atoms with Gasteiger partial charge in [0.1, 0.15) is 11.2 Å². The Bertz CT molecular complexity index is 468. The van der Waals surface area contributed by atoms with Gasteiger partial charge in [-0.15, -0.1) is 0 Å². The second kappa shape index (κ2) is 8.40. The number of rotatable bonds is 10. The van der Waals surface area contributed by atoms with E-state index in [-0.39, 0.29) is 18.4 Å². The van der Waals surface area contributed by atoms with Gasteiger partial charge in [-0.05, 0) is 39.5 Å². The highest BCUT2D eigenvalue weighted by Gasteiger charge is 2.33. The molecular formula is C18H31NO6. The van der Waals surface area contributed by atoms with Crippen molar-refractivity contribution in [2.75, 3.05) is 6.54 Å². The van der Waals surface area contributed by atoms with Crippen molar-refractivity contribution in [1.29, 1.82) is 0 Å². The fraction of sp³-hybridized carbons (Fsp3) is 0.778. The summed E-state index contributed by atoms with van der Waals surface area (Å²) < 4.78 is 0. The minimum Gasteiger partial charge on any atom is -0.270 e. The Morgan fingerprint density at radius 3 is 1.52 bits per heavy atom. The second-order valence-corrected chi connectivity index (χ2v) is 7.93. The highest BCUT2D eigenvalue weighted by molar-refractivity contribution is 6.12. The first kappa shape index (κ1) is 21.8. The lowest BCUT2D eigenvalue weighted by Crippen LogP contribution is -2.43. The maximum absolute atomic E-state index is 11.8. The van der Waals surface area contributed by atoms with Crippen LogP contribution in [0, 0.1) is 11.8 Å². The molecule has 25 heavy (non-hydrogen) atoms. The van der Waals surface area contributed by atoms with E-state index in [0.717, 1.165) is 4.90 Å². The van der Waals surface area contributed by atoms with Gasteiger partial charge in [0.2, 0.25) is 6.29 Å². The Kier molecular flexibility index (Phi) is 7.31. The van der Waals surface area contributed by atoms with Gasteiger partial charge < -0.3 is 0 Å². The molecule has 0 saturated heterocycles. The van der Waals surface area contributed by atoms with Crippen molar-refractivity contribution < 1.29 is 29.1 Å². The quantitative estimate of drug-likeness (QED) is 0.259. The van der Waals surface area contributed by atoms with Gasteiger partial charge >= 0.3 is 0 Å². The number of carbonyl (C=O) groups is 2. The van der Waals surface area contributed by atoms with Gasteiger partial charge in [-0.1, -0.05) is 27.7 Å². The molecular weight excluding hydrogens is 326 g/mol. The zero-order valence-corrected chi connectivity index (χ0v) is 16.5. The lowest BCUT2D eigenvalue weighted by molar-refractivity contribution is -0.504. The molecule has 2 amide bonds. The van der Waals surface area contributed by atoms with Crippen molar-refractivity contribution in [3.8, 4) is 0 Å². The van der Waals surface area contributed by atoms with Crippen LogP contribution in [0.5, 0.6) is 0 Å². The van der Waals surface area contributed by atoms with Gasteiger partial charge in [0.15, 0.2) is 0 Å². The molecule has 0 aromatic carbocycles. The first-order chi connectivity index (χ1) is 11.4. The monoisotopic (exact) mass is 357 g/mol. The van der Waals surface area contributed by atoms with Crippen molar-refractivity contribution in [3.05, 3.63) is 12.2 Å². The normalized spacial score (nSPS) is 16.2. The average molecular weight is 357 g/mol. The van der Waals surface area contributed by atoms with Crippen LogP contribution in [0.3, 0.4) is 0 Å². The lowest BCUT2D eigenvalue weighted by Gasteiger charge is -2.33. The molecule has 0 saturated carbocycles. The van der Waals surface area contributed by atoms with E-state index in [9.17, 15) is 9.59 Å². The molecule has 1 heterocycles. The first-order valence-electron chi connectivity index (χ1n) is 8.59. The molecule has 0 radical (unpaired) electrons. The standard InChI is InChI=1S/C18H31NO6/c1-12(2)17(5,6)24-22-16(23-25-18(7,8)13(3)4)11-19-14(20)9-10-15(19)21/h9-10,12-13,16H,11H2,1-8H3. The molecule has 1 rings (SSSR count). The molecule has 0 aromatic rings. The van der Waals surface area contributed by atoms with Gasteiger partial charge in [-0.25, -0.2) is 9.78 Å². The number of hydrogen-bond acceptors (Lipinski definition) is 6. The third-order valence-electron chi connectivity index (χ3n) is 4.75. The van der Waals surface area contributed by atoms with Crippen LogP contribution in [0.1, 0.15) is 55.4 Å². The Balaban J connectivity index is 2.76. The summed E-state index contributed by atoms with van der Waals surface area (Å²) in [5, 5.41) is 0. The summed E-state index contributed by atoms with van der Waals surface area (Å²) in [5.41, 5.74) is -1.15. The van der Waals surface area contributed by atoms with Crippen LogP contribution in [-0.4, -0.2) is 40.8 Å². The van der Waals surface area contributed by atoms with E-state index in [1.807, 2.05) is 55.4 Å². The van der Waals surface area contributed by atoms with Crippen molar-refractivity contribution in [2.45, 2.75) is 72.9 Å². The average Bonchev–Trinajstić information content (AvgIpc) is 2.81. The maximum atomic E-state index is 11.8. The van der Waals surface area contributed by atoms with E-state index in [1.165, 1.54) is 12.2 Å². The molecule has 1 aliphatic rings. The molecule has 0 fully saturated rings. The zero-order chi connectivity index (χ0) is 19.4. The lowest BCUT2D eigenvalue weighted by atomic mass is 9.95. The van der Waals surface area contributed by atoms with Crippen molar-refractivity contribution in [1.82, 2.24) is 4.90 Å². The molecule has 0 atom stereocenters. The third-order valence-corrected chi connectivity index (χ3v) is 4.75. The fourth-order valence-corrected chi connectivity index (χ4v) is 1.38. The molecule has 7 nitrogen and oxygen atoms in total. The topological polar surface area (TPSA) is 74.3 Å². The van der Waals surface area contributed by atoms with Gasteiger partial charge in [0.25, 0.3) is 11.8 Å². The highest BCUT2D eigenvalue weighted by Crippen LogP contribution is 2.24. The summed E-state index contributed by atoms with van der Waals surface area (Å²) in [6.45, 7) is 15.4. The highest BCUT2D eigenvalue weighted by atomic mass is 17.3. The minimum atomic E-state index is -1.07. The number of imide groups is 1. The van der Waals surface area contributed by atoms with E-state index >= 15 is 0 Å². The van der Waals surface area contributed by atoms with Crippen LogP contribution in [0.4, 0.5) is 0 Å². The van der Waals surface area contributed by atoms with E-state index < -0.39 is 29.3 Å². The van der Waals surface area contributed by atoms with E-state index in [4.69, 9.17) is 19.6 Å². The van der Waals surface area contributed by atoms with Crippen LogP contribution in [0.15, 0.2) is 12.2 Å². The van der Waals surface area contributed by atoms with Gasteiger partial charge in [0, 0.05) is 12.2 Å². The van der Waals surface area contributed by atoms with Crippen LogP contribution in [-0.2, 0) is 29.1 Å². The predicted octanol–water partition coefficient (Wildman–Crippen LogP) is 3.00. The Morgan fingerprint density at radius 2 is 1.20 bits per heavy atom. The maximum Gasteiger partial charge on any atom is 0.253 e. The fourth-order valence-electron chi connectivity index (χ4n) is 1.38. The third kappa shape index (κ3) is 6.18. The Hall–Kier alpha value is -1.28. The zero-order valence-electron chi connectivity index (χ0n) is 16.5. The van der Waals surface area contributed by atoms with Crippen molar-refractivity contribution >= 4 is 11.8 Å². The summed E-state index contributed by atoms with van der Waals surface area (Å²) in [6, 6.07) is 0. The van der Waals surface area contributed by atoms with Gasteiger partial charge in [-0.2, -0.15) is 9.78 Å². The smallest absolute Gasteiger partial charge is 0.253 e. The van der Waals surface area contributed by atoms with E-state index in [2.05, 4.69) is 0 Å². The largest absolute Gasteiger partial charge is 0.270 e. The summed E-state index contributed by atoms with van der Waals surface area (Å²) in [6.07, 6.45) is 1.35. The molecule has 0 unspecified atom stereocenters. The number of nitrogens with zero attached hydrogens (tertiary/aromatic N) is 1. The van der Waals surface area contributed by atoms with Crippen LogP contribution >= 0.6 is 0 Å². The van der Waals surface area contributed by atoms with E-state index in [1.54, 1.807) is 0 Å². The SMILES string of the molecule is CC(C)C(C)(C)OOC(CN1C(=O)C=CC1=O)OOC(C)(C)C(C)C. The molecule has 1 aliphatic heterocycles. The Morgan fingerprint density at radius 1 is 0.840 bits per heavy atom. The second-order valence-electron chi connectivity index (χ2n) is 7.93. The van der Waals surface area contributed by atoms with Gasteiger partial charge in [0.05, 0.1) is 6.54 Å². The summed E-state index contributed by atoms with van der Waals surface area (Å²) in [4.78, 5) is 46.3. The molecule has 0 N–H and O–H groups in total. The first-order valence-corrected chi connectivity index (χ1v) is 8.59. The van der Waals surface area contributed by atoms with Crippen molar-refractivity contribution in [3.63, 3.8) is 0 Å². The minimum absolute atomic E-state index is 0.132. The summed E-state index contributed by atoms with van der Waals surface area (Å²) >= 11 is 0. The summed E-state index contributed by atoms with van der Waals surface area (Å²) in [5.74, 6) is -0.488. The number of hydrogen-bond donors (Lipinski definition) is 0. The molecule has 7 heteroatoms. The van der Waals surface area contributed by atoms with Crippen LogP contribution < -0.4 is 0 Å². The van der Waals surface area contributed by atoms with Crippen LogP contribution in [0.2, 0.25) is 0 Å². The molecule has 0 aliphatic carbocycles. The number of amides is 2.